The second-order valence-corrected chi connectivity index (χ2v) is 5.29. The van der Waals surface area contributed by atoms with Crippen LogP contribution in [-0.4, -0.2) is 37.2 Å². The van der Waals surface area contributed by atoms with E-state index in [1.165, 1.54) is 0 Å². The van der Waals surface area contributed by atoms with Gasteiger partial charge in [-0.2, -0.15) is 0 Å². The molecule has 4 nitrogen and oxygen atoms in total. The predicted molar refractivity (Wildman–Crippen MR) is 75.4 cm³/mol. The number of methoxy groups -OCH3 is 1. The Balaban J connectivity index is 3.14. The molecule has 0 bridgehead atoms. The van der Waals surface area contributed by atoms with Gasteiger partial charge in [-0.05, 0) is 37.7 Å². The summed E-state index contributed by atoms with van der Waals surface area (Å²) < 4.78 is 5.13. The molecule has 1 aromatic rings. The molecule has 4 heteroatoms. The largest absolute Gasteiger partial charge is 0.497 e. The average Bonchev–Trinajstić information content (AvgIpc) is 2.34. The molecule has 0 heterocycles. The summed E-state index contributed by atoms with van der Waals surface area (Å²) in [5.41, 5.74) is 0.993. The monoisotopic (exact) mass is 265 g/mol. The first-order chi connectivity index (χ1) is 8.88. The Bertz CT molecular complexity index is 412. The van der Waals surface area contributed by atoms with Crippen LogP contribution in [0, 0.1) is 11.8 Å². The van der Waals surface area contributed by atoms with E-state index in [4.69, 9.17) is 4.74 Å². The Morgan fingerprint density at radius 1 is 1.21 bits per heavy atom. The minimum Gasteiger partial charge on any atom is -0.497 e. The topological polar surface area (TPSA) is 49.8 Å². The Labute approximate surface area is 115 Å². The third-order valence-corrected chi connectivity index (χ3v) is 3.36. The standard InChI is InChI=1S/C15H23NO3/c1-10(2)13(15(17)18)14(16(3)4)11-6-8-12(19-5)9-7-11/h6-10,13-14H,1-5H3,(H,17,18). The van der Waals surface area contributed by atoms with Crippen molar-refractivity contribution in [1.82, 2.24) is 4.90 Å². The van der Waals surface area contributed by atoms with Crippen LogP contribution < -0.4 is 4.74 Å². The maximum Gasteiger partial charge on any atom is 0.308 e. The van der Waals surface area contributed by atoms with Crippen molar-refractivity contribution in [1.29, 1.82) is 0 Å². The first-order valence-electron chi connectivity index (χ1n) is 6.41. The number of carbonyl (C=O) groups is 1. The molecule has 0 spiro atoms. The molecule has 0 saturated heterocycles. The zero-order valence-corrected chi connectivity index (χ0v) is 12.3. The smallest absolute Gasteiger partial charge is 0.308 e. The summed E-state index contributed by atoms with van der Waals surface area (Å²) in [6.07, 6.45) is 0. The number of benzene rings is 1. The van der Waals surface area contributed by atoms with Crippen LogP contribution in [-0.2, 0) is 4.79 Å². The van der Waals surface area contributed by atoms with Crippen molar-refractivity contribution >= 4 is 5.97 Å². The first kappa shape index (κ1) is 15.5. The fraction of sp³-hybridized carbons (Fsp3) is 0.533. The van der Waals surface area contributed by atoms with E-state index >= 15 is 0 Å². The summed E-state index contributed by atoms with van der Waals surface area (Å²) >= 11 is 0. The van der Waals surface area contributed by atoms with Gasteiger partial charge < -0.3 is 14.7 Å². The van der Waals surface area contributed by atoms with Gasteiger partial charge in [0.15, 0.2) is 0 Å². The molecule has 0 aromatic heterocycles. The third kappa shape index (κ3) is 3.70. The number of carboxylic acid groups (broad SMARTS) is 1. The molecule has 0 saturated carbocycles. The van der Waals surface area contributed by atoms with Gasteiger partial charge in [-0.1, -0.05) is 26.0 Å². The van der Waals surface area contributed by atoms with Crippen LogP contribution in [0.5, 0.6) is 5.75 Å². The number of hydrogen-bond acceptors (Lipinski definition) is 3. The molecule has 1 rings (SSSR count). The van der Waals surface area contributed by atoms with Gasteiger partial charge in [0.05, 0.1) is 13.0 Å². The molecule has 106 valence electrons. The van der Waals surface area contributed by atoms with Crippen LogP contribution in [0.4, 0.5) is 0 Å². The van der Waals surface area contributed by atoms with Crippen molar-refractivity contribution in [3.05, 3.63) is 29.8 Å². The number of carboxylic acids is 1. The van der Waals surface area contributed by atoms with E-state index < -0.39 is 11.9 Å². The van der Waals surface area contributed by atoms with E-state index in [0.717, 1.165) is 11.3 Å². The summed E-state index contributed by atoms with van der Waals surface area (Å²) in [4.78, 5) is 13.5. The molecule has 0 aliphatic carbocycles. The van der Waals surface area contributed by atoms with E-state index in [9.17, 15) is 9.90 Å². The molecule has 0 aliphatic heterocycles. The number of nitrogens with zero attached hydrogens (tertiary/aromatic N) is 1. The maximum atomic E-state index is 11.5. The van der Waals surface area contributed by atoms with E-state index in [-0.39, 0.29) is 12.0 Å². The van der Waals surface area contributed by atoms with Crippen molar-refractivity contribution in [3.63, 3.8) is 0 Å². The molecule has 0 radical (unpaired) electrons. The van der Waals surface area contributed by atoms with Crippen LogP contribution >= 0.6 is 0 Å². The molecular weight excluding hydrogens is 242 g/mol. The lowest BCUT2D eigenvalue weighted by Gasteiger charge is -2.32. The highest BCUT2D eigenvalue weighted by Gasteiger charge is 2.33. The van der Waals surface area contributed by atoms with Crippen molar-refractivity contribution in [3.8, 4) is 5.75 Å². The summed E-state index contributed by atoms with van der Waals surface area (Å²) in [6.45, 7) is 3.89. The lowest BCUT2D eigenvalue weighted by atomic mass is 9.84. The molecule has 1 N–H and O–H groups in total. The molecule has 0 amide bonds. The van der Waals surface area contributed by atoms with Gasteiger partial charge in [0, 0.05) is 6.04 Å². The van der Waals surface area contributed by atoms with E-state index in [1.807, 2.05) is 57.1 Å². The van der Waals surface area contributed by atoms with Gasteiger partial charge in [-0.15, -0.1) is 0 Å². The highest BCUT2D eigenvalue weighted by atomic mass is 16.5. The van der Waals surface area contributed by atoms with Gasteiger partial charge >= 0.3 is 5.97 Å². The fourth-order valence-electron chi connectivity index (χ4n) is 2.41. The molecular formula is C15H23NO3. The van der Waals surface area contributed by atoms with Crippen LogP contribution in [0.1, 0.15) is 25.5 Å². The average molecular weight is 265 g/mol. The molecule has 19 heavy (non-hydrogen) atoms. The molecule has 0 fully saturated rings. The van der Waals surface area contributed by atoms with Crippen molar-refractivity contribution in [2.24, 2.45) is 11.8 Å². The van der Waals surface area contributed by atoms with Crippen LogP contribution in [0.3, 0.4) is 0 Å². The van der Waals surface area contributed by atoms with E-state index in [2.05, 4.69) is 0 Å². The van der Waals surface area contributed by atoms with Crippen molar-refractivity contribution in [2.45, 2.75) is 19.9 Å². The zero-order valence-electron chi connectivity index (χ0n) is 12.3. The lowest BCUT2D eigenvalue weighted by Crippen LogP contribution is -2.35. The van der Waals surface area contributed by atoms with E-state index in [1.54, 1.807) is 7.11 Å². The van der Waals surface area contributed by atoms with Gasteiger partial charge in [0.25, 0.3) is 0 Å². The van der Waals surface area contributed by atoms with Crippen LogP contribution in [0.15, 0.2) is 24.3 Å². The number of hydrogen-bond donors (Lipinski definition) is 1. The second-order valence-electron chi connectivity index (χ2n) is 5.29. The highest BCUT2D eigenvalue weighted by Crippen LogP contribution is 2.33. The predicted octanol–water partition coefficient (Wildman–Crippen LogP) is 2.65. The van der Waals surface area contributed by atoms with Gasteiger partial charge in [0.1, 0.15) is 5.75 Å². The number of ether oxygens (including phenoxy) is 1. The molecule has 2 atom stereocenters. The zero-order chi connectivity index (χ0) is 14.6. The molecule has 1 aromatic carbocycles. The Morgan fingerprint density at radius 2 is 1.74 bits per heavy atom. The maximum absolute atomic E-state index is 11.5. The Hall–Kier alpha value is -1.55. The third-order valence-electron chi connectivity index (χ3n) is 3.36. The van der Waals surface area contributed by atoms with E-state index in [0.29, 0.717) is 0 Å². The van der Waals surface area contributed by atoms with Gasteiger partial charge in [-0.25, -0.2) is 0 Å². The normalized spacial score (nSPS) is 14.5. The quantitative estimate of drug-likeness (QED) is 0.859. The molecule has 0 aliphatic rings. The summed E-state index contributed by atoms with van der Waals surface area (Å²) in [7, 11) is 5.44. The van der Waals surface area contributed by atoms with Crippen LogP contribution in [0.25, 0.3) is 0 Å². The lowest BCUT2D eigenvalue weighted by molar-refractivity contribution is -0.146. The highest BCUT2D eigenvalue weighted by molar-refractivity contribution is 5.71. The Morgan fingerprint density at radius 3 is 2.05 bits per heavy atom. The number of aliphatic carboxylic acids is 1. The minimum atomic E-state index is -0.760. The summed E-state index contributed by atoms with van der Waals surface area (Å²) in [5, 5.41) is 9.47. The molecule has 2 unspecified atom stereocenters. The second kappa shape index (κ2) is 6.57. The van der Waals surface area contributed by atoms with Crippen molar-refractivity contribution in [2.75, 3.05) is 21.2 Å². The summed E-state index contributed by atoms with van der Waals surface area (Å²) in [6, 6.07) is 7.45. The number of rotatable bonds is 6. The fourth-order valence-corrected chi connectivity index (χ4v) is 2.41. The Kier molecular flexibility index (Phi) is 5.36. The summed E-state index contributed by atoms with van der Waals surface area (Å²) in [5.74, 6) is -0.363. The first-order valence-corrected chi connectivity index (χ1v) is 6.41. The van der Waals surface area contributed by atoms with Crippen molar-refractivity contribution < 1.29 is 14.6 Å². The van der Waals surface area contributed by atoms with Crippen LogP contribution in [0.2, 0.25) is 0 Å². The van der Waals surface area contributed by atoms with Gasteiger partial charge in [0.2, 0.25) is 0 Å². The SMILES string of the molecule is COc1ccc(C(C(C(=O)O)C(C)C)N(C)C)cc1. The minimum absolute atomic E-state index is 0.0620. The van der Waals surface area contributed by atoms with Gasteiger partial charge in [-0.3, -0.25) is 4.79 Å².